The molecule has 1 heterocycles. The molecule has 1 amide bonds. The molecule has 1 aliphatic rings. The van der Waals surface area contributed by atoms with Crippen molar-refractivity contribution in [2.45, 2.75) is 288 Å². The van der Waals surface area contributed by atoms with Crippen molar-refractivity contribution in [3.05, 3.63) is 0 Å². The van der Waals surface area contributed by atoms with Crippen LogP contribution in [0.25, 0.3) is 0 Å². The molecule has 0 aromatic heterocycles. The van der Waals surface area contributed by atoms with Crippen molar-refractivity contribution in [3.63, 3.8) is 0 Å². The van der Waals surface area contributed by atoms with Crippen molar-refractivity contribution in [2.75, 3.05) is 13.2 Å². The molecule has 1 rings (SSSR count). The summed E-state index contributed by atoms with van der Waals surface area (Å²) in [4.78, 5) is 13.0. The molecule has 1 aliphatic heterocycles. The zero-order chi connectivity index (χ0) is 41.6. The second-order valence-electron chi connectivity index (χ2n) is 17.6. The molecule has 0 bridgehead atoms. The lowest BCUT2D eigenvalue weighted by Gasteiger charge is -2.40. The van der Waals surface area contributed by atoms with Gasteiger partial charge in [-0.1, -0.05) is 226 Å². The average Bonchev–Trinajstić information content (AvgIpc) is 3.21. The van der Waals surface area contributed by atoms with E-state index in [0.717, 1.165) is 38.5 Å². The van der Waals surface area contributed by atoms with Gasteiger partial charge in [0.1, 0.15) is 24.4 Å². The lowest BCUT2D eigenvalue weighted by molar-refractivity contribution is -0.302. The molecule has 340 valence electrons. The lowest BCUT2D eigenvalue weighted by atomic mass is 9.99. The second-order valence-corrected chi connectivity index (χ2v) is 17.6. The highest BCUT2D eigenvalue weighted by atomic mass is 16.7. The smallest absolute Gasteiger partial charge is 0.220 e. The minimum atomic E-state index is -1.55. The van der Waals surface area contributed by atoms with E-state index in [1.807, 2.05) is 0 Å². The highest BCUT2D eigenvalue weighted by Crippen LogP contribution is 2.23. The van der Waals surface area contributed by atoms with Crippen LogP contribution in [0, 0.1) is 0 Å². The molecule has 0 spiro atoms. The number of ether oxygens (including phenoxy) is 2. The van der Waals surface area contributed by atoms with E-state index in [9.17, 15) is 30.3 Å². The first-order chi connectivity index (χ1) is 27.8. The summed E-state index contributed by atoms with van der Waals surface area (Å²) in [5, 5.41) is 54.4. The number of hydrogen-bond acceptors (Lipinski definition) is 8. The summed E-state index contributed by atoms with van der Waals surface area (Å²) in [7, 11) is 0. The molecule has 0 saturated carbocycles. The van der Waals surface area contributed by atoms with Crippen molar-refractivity contribution >= 4 is 5.91 Å². The Balaban J connectivity index is 2.24. The molecular weight excluding hydrogens is 719 g/mol. The number of amides is 1. The van der Waals surface area contributed by atoms with Gasteiger partial charge in [-0.2, -0.15) is 0 Å². The molecule has 0 aliphatic carbocycles. The summed E-state index contributed by atoms with van der Waals surface area (Å²) in [5.74, 6) is -0.141. The number of nitrogens with one attached hydrogen (secondary N) is 1. The van der Waals surface area contributed by atoms with Crippen molar-refractivity contribution in [1.29, 1.82) is 0 Å². The van der Waals surface area contributed by atoms with Gasteiger partial charge < -0.3 is 40.3 Å². The minimum Gasteiger partial charge on any atom is -0.394 e. The molecule has 6 N–H and O–H groups in total. The Kier molecular flexibility index (Phi) is 37.4. The molecule has 7 unspecified atom stereocenters. The molecule has 9 nitrogen and oxygen atoms in total. The Morgan fingerprint density at radius 2 is 0.877 bits per heavy atom. The highest BCUT2D eigenvalue weighted by Gasteiger charge is 2.44. The fourth-order valence-electron chi connectivity index (χ4n) is 8.22. The second kappa shape index (κ2) is 39.3. The molecule has 1 saturated heterocycles. The third-order valence-corrected chi connectivity index (χ3v) is 12.2. The first-order valence-electron chi connectivity index (χ1n) is 24.7. The third kappa shape index (κ3) is 30.0. The van der Waals surface area contributed by atoms with Gasteiger partial charge in [-0.15, -0.1) is 0 Å². The molecular formula is C48H95NO8. The van der Waals surface area contributed by atoms with E-state index in [0.29, 0.717) is 12.8 Å². The number of hydrogen-bond donors (Lipinski definition) is 6. The molecule has 57 heavy (non-hydrogen) atoms. The van der Waals surface area contributed by atoms with Gasteiger partial charge in [-0.3, -0.25) is 4.79 Å². The Hall–Kier alpha value is -0.810. The lowest BCUT2D eigenvalue weighted by Crippen LogP contribution is -2.60. The number of carbonyl (C=O) groups excluding carboxylic acids is 1. The standard InChI is InChI=1S/C48H95NO8/c1-3-5-7-9-11-13-15-17-18-19-20-21-22-23-24-25-26-27-29-31-33-35-37-42(51)41(40-56-48-47(55)46(54)45(53)43(39-50)57-48)49-44(52)38-36-34-32-30-28-16-14-12-10-8-6-4-2/h41-43,45-48,50-51,53-55H,3-40H2,1-2H3,(H,49,52). The topological polar surface area (TPSA) is 149 Å². The van der Waals surface area contributed by atoms with Crippen LogP contribution >= 0.6 is 0 Å². The van der Waals surface area contributed by atoms with Gasteiger partial charge in [0.05, 0.1) is 25.4 Å². The van der Waals surface area contributed by atoms with Crippen molar-refractivity contribution in [2.24, 2.45) is 0 Å². The normalized spacial score (nSPS) is 20.9. The average molecular weight is 814 g/mol. The summed E-state index contributed by atoms with van der Waals surface area (Å²) in [6, 6.07) is -0.711. The Morgan fingerprint density at radius 3 is 1.25 bits per heavy atom. The number of rotatable bonds is 42. The predicted octanol–water partition coefficient (Wildman–Crippen LogP) is 10.7. The fourth-order valence-corrected chi connectivity index (χ4v) is 8.22. The van der Waals surface area contributed by atoms with E-state index in [1.54, 1.807) is 0 Å². The fraction of sp³-hybridized carbons (Fsp3) is 0.979. The number of aliphatic hydroxyl groups excluding tert-OH is 5. The van der Waals surface area contributed by atoms with Crippen LogP contribution in [0.2, 0.25) is 0 Å². The largest absolute Gasteiger partial charge is 0.394 e. The first-order valence-corrected chi connectivity index (χ1v) is 24.7. The van der Waals surface area contributed by atoms with Crippen LogP contribution in [0.1, 0.15) is 245 Å². The van der Waals surface area contributed by atoms with Crippen LogP contribution in [0.3, 0.4) is 0 Å². The number of aliphatic hydroxyl groups is 5. The summed E-state index contributed by atoms with van der Waals surface area (Å²) in [6.45, 7) is 3.85. The molecule has 9 heteroatoms. The van der Waals surface area contributed by atoms with Gasteiger partial charge in [-0.05, 0) is 12.8 Å². The van der Waals surface area contributed by atoms with E-state index in [2.05, 4.69) is 19.2 Å². The van der Waals surface area contributed by atoms with Crippen molar-refractivity contribution in [3.8, 4) is 0 Å². The molecule has 0 aromatic rings. The number of carbonyl (C=O) groups is 1. The minimum absolute atomic E-state index is 0.132. The third-order valence-electron chi connectivity index (χ3n) is 12.2. The van der Waals surface area contributed by atoms with Gasteiger partial charge >= 0.3 is 0 Å². The molecule has 7 atom stereocenters. The zero-order valence-corrected chi connectivity index (χ0v) is 37.4. The molecule has 1 fully saturated rings. The summed E-state index contributed by atoms with van der Waals surface area (Å²) < 4.78 is 11.3. The van der Waals surface area contributed by atoms with Gasteiger partial charge in [0.15, 0.2) is 6.29 Å². The van der Waals surface area contributed by atoms with E-state index in [4.69, 9.17) is 9.47 Å². The van der Waals surface area contributed by atoms with Gasteiger partial charge in [-0.25, -0.2) is 0 Å². The van der Waals surface area contributed by atoms with E-state index in [1.165, 1.54) is 180 Å². The van der Waals surface area contributed by atoms with Crippen molar-refractivity contribution in [1.82, 2.24) is 5.32 Å². The summed E-state index contributed by atoms with van der Waals surface area (Å²) in [5.41, 5.74) is 0. The van der Waals surface area contributed by atoms with Crippen LogP contribution in [-0.2, 0) is 14.3 Å². The van der Waals surface area contributed by atoms with E-state index < -0.39 is 49.5 Å². The van der Waals surface area contributed by atoms with Crippen LogP contribution in [-0.4, -0.2) is 87.5 Å². The predicted molar refractivity (Wildman–Crippen MR) is 235 cm³/mol. The van der Waals surface area contributed by atoms with E-state index in [-0.39, 0.29) is 12.5 Å². The number of unbranched alkanes of at least 4 members (excludes halogenated alkanes) is 32. The van der Waals surface area contributed by atoms with Crippen LogP contribution < -0.4 is 5.32 Å². The highest BCUT2D eigenvalue weighted by molar-refractivity contribution is 5.76. The van der Waals surface area contributed by atoms with E-state index >= 15 is 0 Å². The maximum atomic E-state index is 13.0. The SMILES string of the molecule is CCCCCCCCCCCCCCCCCCCCCCCCC(O)C(COC1OC(CO)C(O)C(O)C1O)NC(=O)CCCCCCCCCCCCCC. The maximum absolute atomic E-state index is 13.0. The molecule has 0 aromatic carbocycles. The maximum Gasteiger partial charge on any atom is 0.220 e. The monoisotopic (exact) mass is 814 g/mol. The van der Waals surface area contributed by atoms with Gasteiger partial charge in [0.25, 0.3) is 0 Å². The Morgan fingerprint density at radius 1 is 0.526 bits per heavy atom. The van der Waals surface area contributed by atoms with Crippen LogP contribution in [0.15, 0.2) is 0 Å². The first kappa shape index (κ1) is 54.2. The Bertz CT molecular complexity index is 862. The quantitative estimate of drug-likeness (QED) is 0.0334. The van der Waals surface area contributed by atoms with Crippen molar-refractivity contribution < 1.29 is 39.8 Å². The van der Waals surface area contributed by atoms with Gasteiger partial charge in [0.2, 0.25) is 5.91 Å². The van der Waals surface area contributed by atoms with Gasteiger partial charge in [0, 0.05) is 6.42 Å². The molecule has 0 radical (unpaired) electrons. The summed E-state index contributed by atoms with van der Waals surface area (Å²) >= 11 is 0. The van der Waals surface area contributed by atoms with Crippen LogP contribution in [0.5, 0.6) is 0 Å². The Labute approximate surface area is 351 Å². The summed E-state index contributed by atoms with van der Waals surface area (Å²) in [6.07, 6.45) is 36.9. The van der Waals surface area contributed by atoms with Crippen LogP contribution in [0.4, 0.5) is 0 Å². The zero-order valence-electron chi connectivity index (χ0n) is 37.4.